The van der Waals surface area contributed by atoms with E-state index >= 15 is 0 Å². The standard InChI is InChI=1S/C9H13F3NO2/c1-13(14-2)5-3-8(4-6-13)15-7-9(10,11)12/h3-5H,6-7H2,1-2H3/q+1. The third-order valence-electron chi connectivity index (χ3n) is 2.03. The first-order valence-electron chi connectivity index (χ1n) is 4.34. The van der Waals surface area contributed by atoms with Crippen LogP contribution in [0.1, 0.15) is 0 Å². The van der Waals surface area contributed by atoms with Crippen LogP contribution in [0.3, 0.4) is 0 Å². The summed E-state index contributed by atoms with van der Waals surface area (Å²) in [4.78, 5) is 5.10. The van der Waals surface area contributed by atoms with Gasteiger partial charge in [-0.15, -0.1) is 0 Å². The molecule has 15 heavy (non-hydrogen) atoms. The van der Waals surface area contributed by atoms with Gasteiger partial charge in [0, 0.05) is 12.2 Å². The lowest BCUT2D eigenvalue weighted by Crippen LogP contribution is -2.38. The fourth-order valence-electron chi connectivity index (χ4n) is 1.04. The molecule has 1 aliphatic rings. The normalized spacial score (nSPS) is 26.3. The largest absolute Gasteiger partial charge is 0.484 e. The molecule has 0 bridgehead atoms. The Labute approximate surface area is 85.9 Å². The number of halogens is 3. The smallest absolute Gasteiger partial charge is 0.422 e. The molecule has 1 rings (SSSR count). The van der Waals surface area contributed by atoms with E-state index in [0.717, 1.165) is 0 Å². The minimum absolute atomic E-state index is 0.193. The zero-order valence-electron chi connectivity index (χ0n) is 8.54. The summed E-state index contributed by atoms with van der Waals surface area (Å²) in [6.07, 6.45) is 0.366. The first-order chi connectivity index (χ1) is 6.85. The van der Waals surface area contributed by atoms with E-state index < -0.39 is 12.8 Å². The maximum Gasteiger partial charge on any atom is 0.422 e. The van der Waals surface area contributed by atoms with Gasteiger partial charge in [0.2, 0.25) is 0 Å². The molecular weight excluding hydrogens is 211 g/mol. The Balaban J connectivity index is 2.46. The molecular formula is C9H13F3NO2+. The van der Waals surface area contributed by atoms with Gasteiger partial charge in [-0.3, -0.25) is 0 Å². The third-order valence-corrected chi connectivity index (χ3v) is 2.03. The predicted octanol–water partition coefficient (Wildman–Crippen LogP) is 1.98. The highest BCUT2D eigenvalue weighted by Gasteiger charge is 2.29. The summed E-state index contributed by atoms with van der Waals surface area (Å²) in [5.74, 6) is 0.222. The second-order valence-electron chi connectivity index (χ2n) is 3.37. The molecule has 0 spiro atoms. The Kier molecular flexibility index (Phi) is 3.41. The summed E-state index contributed by atoms with van der Waals surface area (Å²) in [6, 6.07) is 0. The van der Waals surface area contributed by atoms with E-state index in [4.69, 9.17) is 4.84 Å². The lowest BCUT2D eigenvalue weighted by Gasteiger charge is -2.26. The van der Waals surface area contributed by atoms with Gasteiger partial charge in [-0.25, -0.2) is 4.84 Å². The first kappa shape index (κ1) is 12.1. The van der Waals surface area contributed by atoms with Gasteiger partial charge in [0.05, 0.1) is 7.11 Å². The molecule has 0 saturated carbocycles. The number of hydrogen-bond acceptors (Lipinski definition) is 2. The van der Waals surface area contributed by atoms with Crippen LogP contribution in [0.4, 0.5) is 13.2 Å². The van der Waals surface area contributed by atoms with E-state index in [1.807, 2.05) is 0 Å². The molecule has 1 atom stereocenters. The van der Waals surface area contributed by atoms with E-state index in [-0.39, 0.29) is 10.4 Å². The highest BCUT2D eigenvalue weighted by Crippen LogP contribution is 2.19. The Bertz CT molecular complexity index is 286. The molecule has 1 unspecified atom stereocenters. The molecule has 0 aromatic carbocycles. The number of ether oxygens (including phenoxy) is 1. The average Bonchev–Trinajstić information content (AvgIpc) is 2.16. The van der Waals surface area contributed by atoms with Crippen molar-refractivity contribution in [3.63, 3.8) is 0 Å². The average molecular weight is 224 g/mol. The quantitative estimate of drug-likeness (QED) is 0.682. The van der Waals surface area contributed by atoms with Crippen LogP contribution in [0.25, 0.3) is 0 Å². The molecule has 1 aliphatic heterocycles. The van der Waals surface area contributed by atoms with Crippen molar-refractivity contribution in [3.05, 3.63) is 24.1 Å². The van der Waals surface area contributed by atoms with Gasteiger partial charge in [0.25, 0.3) is 0 Å². The van der Waals surface area contributed by atoms with Crippen LogP contribution in [0.2, 0.25) is 0 Å². The summed E-state index contributed by atoms with van der Waals surface area (Å²) < 4.78 is 40.2. The van der Waals surface area contributed by atoms with Gasteiger partial charge in [-0.05, 0) is 0 Å². The second kappa shape index (κ2) is 4.24. The lowest BCUT2D eigenvalue weighted by molar-refractivity contribution is -1.04. The van der Waals surface area contributed by atoms with Crippen molar-refractivity contribution in [2.75, 3.05) is 27.3 Å². The van der Waals surface area contributed by atoms with Crippen molar-refractivity contribution in [1.82, 2.24) is 0 Å². The number of hydrogen-bond donors (Lipinski definition) is 0. The van der Waals surface area contributed by atoms with Crippen LogP contribution in [-0.4, -0.2) is 38.1 Å². The predicted molar refractivity (Wildman–Crippen MR) is 47.3 cm³/mol. The second-order valence-corrected chi connectivity index (χ2v) is 3.37. The van der Waals surface area contributed by atoms with Crippen molar-refractivity contribution in [1.29, 1.82) is 0 Å². The van der Waals surface area contributed by atoms with Crippen molar-refractivity contribution < 1.29 is 27.4 Å². The Morgan fingerprint density at radius 1 is 1.47 bits per heavy atom. The Morgan fingerprint density at radius 2 is 2.13 bits per heavy atom. The van der Waals surface area contributed by atoms with Crippen molar-refractivity contribution in [2.45, 2.75) is 6.18 Å². The topological polar surface area (TPSA) is 18.5 Å². The van der Waals surface area contributed by atoms with E-state index in [0.29, 0.717) is 6.54 Å². The molecule has 0 radical (unpaired) electrons. The summed E-state index contributed by atoms with van der Waals surface area (Å²) >= 11 is 0. The maximum absolute atomic E-state index is 11.8. The van der Waals surface area contributed by atoms with E-state index in [1.165, 1.54) is 13.2 Å². The van der Waals surface area contributed by atoms with Gasteiger partial charge < -0.3 is 4.74 Å². The fourth-order valence-corrected chi connectivity index (χ4v) is 1.04. The number of nitrogens with zero attached hydrogens (tertiary/aromatic N) is 1. The van der Waals surface area contributed by atoms with Crippen LogP contribution in [-0.2, 0) is 9.57 Å². The number of hydroxylamine groups is 3. The van der Waals surface area contributed by atoms with Crippen molar-refractivity contribution >= 4 is 0 Å². The number of alkyl halides is 3. The molecule has 0 saturated heterocycles. The van der Waals surface area contributed by atoms with Crippen LogP contribution in [0, 0.1) is 0 Å². The maximum atomic E-state index is 11.8. The molecule has 0 aromatic rings. The molecule has 0 fully saturated rings. The molecule has 3 nitrogen and oxygen atoms in total. The number of likely N-dealkylation sites (N-methyl/N-ethyl adjacent to an activating group) is 1. The minimum atomic E-state index is -4.30. The summed E-state index contributed by atoms with van der Waals surface area (Å²) in [7, 11) is 3.31. The number of quaternary nitrogens is 1. The van der Waals surface area contributed by atoms with Crippen LogP contribution in [0.5, 0.6) is 0 Å². The summed E-state index contributed by atoms with van der Waals surface area (Å²) in [5, 5.41) is 0. The van der Waals surface area contributed by atoms with E-state index in [2.05, 4.69) is 4.74 Å². The molecule has 6 heteroatoms. The fraction of sp³-hybridized carbons (Fsp3) is 0.556. The summed E-state index contributed by atoms with van der Waals surface area (Å²) in [6.45, 7) is -0.819. The first-order valence-corrected chi connectivity index (χ1v) is 4.34. The van der Waals surface area contributed by atoms with Gasteiger partial charge in [-0.1, -0.05) is 0 Å². The van der Waals surface area contributed by atoms with Crippen LogP contribution < -0.4 is 0 Å². The van der Waals surface area contributed by atoms with Crippen LogP contribution in [0.15, 0.2) is 24.1 Å². The number of rotatable bonds is 3. The van der Waals surface area contributed by atoms with Crippen molar-refractivity contribution in [3.8, 4) is 0 Å². The van der Waals surface area contributed by atoms with Gasteiger partial charge in [0.1, 0.15) is 25.6 Å². The highest BCUT2D eigenvalue weighted by molar-refractivity contribution is 5.12. The van der Waals surface area contributed by atoms with Crippen molar-refractivity contribution in [2.24, 2.45) is 0 Å². The summed E-state index contributed by atoms with van der Waals surface area (Å²) in [5.41, 5.74) is 0. The zero-order chi connectivity index (χ0) is 11.5. The molecule has 0 amide bonds. The van der Waals surface area contributed by atoms with E-state index in [9.17, 15) is 13.2 Å². The minimum Gasteiger partial charge on any atom is -0.484 e. The monoisotopic (exact) mass is 224 g/mol. The molecule has 86 valence electrons. The lowest BCUT2D eigenvalue weighted by atomic mass is 10.3. The molecule has 0 N–H and O–H groups in total. The molecule has 1 heterocycles. The van der Waals surface area contributed by atoms with Gasteiger partial charge in [0.15, 0.2) is 6.61 Å². The highest BCUT2D eigenvalue weighted by atomic mass is 19.4. The third kappa shape index (κ3) is 3.93. The van der Waals surface area contributed by atoms with Crippen LogP contribution >= 0.6 is 0 Å². The van der Waals surface area contributed by atoms with Gasteiger partial charge >= 0.3 is 6.18 Å². The zero-order valence-corrected chi connectivity index (χ0v) is 8.54. The van der Waals surface area contributed by atoms with Gasteiger partial charge in [-0.2, -0.15) is 17.8 Å². The number of allylic oxidation sites excluding steroid dienone is 1. The molecule has 0 aliphatic carbocycles. The SMILES string of the molecule is CO[N+]1(C)C=CC(OCC(F)(F)F)=CC1. The Hall–Kier alpha value is -1.01. The molecule has 0 aromatic heterocycles. The Morgan fingerprint density at radius 3 is 2.53 bits per heavy atom. The van der Waals surface area contributed by atoms with E-state index in [1.54, 1.807) is 19.3 Å².